The number of hydrogen-bond acceptors (Lipinski definition) is 8. The Kier molecular flexibility index (Phi) is 8.08. The summed E-state index contributed by atoms with van der Waals surface area (Å²) in [4.78, 5) is 64.8. The first-order valence-electron chi connectivity index (χ1n) is 10.2. The first kappa shape index (κ1) is 23.9. The van der Waals surface area contributed by atoms with E-state index in [1.54, 1.807) is 0 Å². The van der Waals surface area contributed by atoms with E-state index in [1.807, 2.05) is 0 Å². The minimum atomic E-state index is -1.06. The number of imide groups is 2. The van der Waals surface area contributed by atoms with Crippen molar-refractivity contribution in [3.63, 3.8) is 0 Å². The predicted molar refractivity (Wildman–Crippen MR) is 111 cm³/mol. The zero-order valence-corrected chi connectivity index (χ0v) is 17.6. The first-order valence-corrected chi connectivity index (χ1v) is 10.2. The van der Waals surface area contributed by atoms with Gasteiger partial charge in [0.05, 0.1) is 37.6 Å². The molecule has 1 fully saturated rings. The molecule has 0 saturated carbocycles. The molecule has 0 aliphatic carbocycles. The van der Waals surface area contributed by atoms with Crippen molar-refractivity contribution in [1.29, 1.82) is 0 Å². The highest BCUT2D eigenvalue weighted by atomic mass is 16.5. The molecule has 13 heteroatoms. The van der Waals surface area contributed by atoms with Crippen LogP contribution in [0.25, 0.3) is 10.4 Å². The second-order valence-corrected chi connectivity index (χ2v) is 7.14. The van der Waals surface area contributed by atoms with E-state index < -0.39 is 35.6 Å². The average Bonchev–Trinajstić information content (AvgIpc) is 3.04. The molecule has 2 aliphatic rings. The summed E-state index contributed by atoms with van der Waals surface area (Å²) in [5.74, 6) is -2.91. The molecule has 1 saturated heterocycles. The molecule has 0 aromatic heterocycles. The van der Waals surface area contributed by atoms with Gasteiger partial charge in [-0.3, -0.25) is 34.2 Å². The van der Waals surface area contributed by atoms with Gasteiger partial charge < -0.3 is 14.8 Å². The lowest BCUT2D eigenvalue weighted by molar-refractivity contribution is -0.136. The zero-order chi connectivity index (χ0) is 23.8. The van der Waals surface area contributed by atoms with Crippen LogP contribution in [0.5, 0.6) is 0 Å². The number of rotatable bonds is 11. The van der Waals surface area contributed by atoms with Crippen LogP contribution in [0.15, 0.2) is 23.3 Å². The van der Waals surface area contributed by atoms with Crippen LogP contribution in [0.4, 0.5) is 0 Å². The Morgan fingerprint density at radius 1 is 1.12 bits per heavy atom. The number of fused-ring (bicyclic) bond motifs is 1. The lowest BCUT2D eigenvalue weighted by Crippen LogP contribution is -2.54. The fourth-order valence-corrected chi connectivity index (χ4v) is 3.42. The Morgan fingerprint density at radius 2 is 1.85 bits per heavy atom. The number of amides is 5. The molecule has 1 aromatic carbocycles. The van der Waals surface area contributed by atoms with Crippen molar-refractivity contribution < 1.29 is 33.4 Å². The van der Waals surface area contributed by atoms with Crippen LogP contribution >= 0.6 is 0 Å². The summed E-state index contributed by atoms with van der Waals surface area (Å²) in [7, 11) is 0. The lowest BCUT2D eigenvalue weighted by Gasteiger charge is -2.27. The van der Waals surface area contributed by atoms with Gasteiger partial charge in [-0.05, 0) is 30.2 Å². The molecule has 1 unspecified atom stereocenters. The number of piperidine rings is 1. The van der Waals surface area contributed by atoms with Crippen molar-refractivity contribution in [2.45, 2.75) is 18.9 Å². The van der Waals surface area contributed by atoms with Crippen molar-refractivity contribution in [2.24, 2.45) is 5.11 Å². The molecule has 0 spiro atoms. The van der Waals surface area contributed by atoms with Crippen LogP contribution in [-0.4, -0.2) is 80.0 Å². The van der Waals surface area contributed by atoms with E-state index in [1.165, 1.54) is 18.2 Å². The van der Waals surface area contributed by atoms with E-state index in [4.69, 9.17) is 15.0 Å². The van der Waals surface area contributed by atoms with Crippen LogP contribution in [0.3, 0.4) is 0 Å². The largest absolute Gasteiger partial charge is 0.379 e. The Bertz CT molecular complexity index is 1020. The summed E-state index contributed by atoms with van der Waals surface area (Å²) in [6, 6.07) is 3.05. The number of nitrogens with zero attached hydrogens (tertiary/aromatic N) is 4. The summed E-state index contributed by atoms with van der Waals surface area (Å²) in [5, 5.41) is 8.11. The van der Waals surface area contributed by atoms with Crippen molar-refractivity contribution in [2.75, 3.05) is 39.5 Å². The molecule has 1 atom stereocenters. The molecular formula is C20H22N6O7. The first-order chi connectivity index (χ1) is 15.9. The van der Waals surface area contributed by atoms with E-state index in [2.05, 4.69) is 20.7 Å². The van der Waals surface area contributed by atoms with Gasteiger partial charge in [-0.25, -0.2) is 0 Å². The summed E-state index contributed by atoms with van der Waals surface area (Å²) >= 11 is 0. The minimum Gasteiger partial charge on any atom is -0.379 e. The van der Waals surface area contributed by atoms with Crippen molar-refractivity contribution >= 4 is 29.5 Å². The Labute approximate surface area is 188 Å². The quantitative estimate of drug-likeness (QED) is 0.156. The number of nitrogens with one attached hydrogen (secondary N) is 2. The number of hydrogen-bond donors (Lipinski definition) is 2. The maximum atomic E-state index is 12.8. The minimum absolute atomic E-state index is 0.0292. The van der Waals surface area contributed by atoms with Gasteiger partial charge in [0.25, 0.3) is 17.7 Å². The summed E-state index contributed by atoms with van der Waals surface area (Å²) in [6.45, 7) is 1.61. The standard InChI is InChI=1S/C20H22N6O7/c21-25-23-6-8-33-10-9-32-7-5-22-17(28)12-1-2-13-14(11-12)20(31)26(19(13)30)15-3-4-16(27)24-18(15)29/h1-2,11,15H,3-10H2,(H,22,28)(H,24,27,29). The van der Waals surface area contributed by atoms with E-state index in [9.17, 15) is 24.0 Å². The number of ether oxygens (including phenoxy) is 2. The highest BCUT2D eigenvalue weighted by molar-refractivity contribution is 6.24. The second kappa shape index (κ2) is 11.2. The Morgan fingerprint density at radius 3 is 2.58 bits per heavy atom. The number of benzene rings is 1. The third kappa shape index (κ3) is 5.71. The van der Waals surface area contributed by atoms with Gasteiger partial charge in [0.1, 0.15) is 6.04 Å². The molecule has 1 aromatic rings. The fourth-order valence-electron chi connectivity index (χ4n) is 3.42. The highest BCUT2D eigenvalue weighted by Crippen LogP contribution is 2.28. The summed E-state index contributed by atoms with van der Waals surface area (Å²) < 4.78 is 10.5. The number of carbonyl (C=O) groups is 5. The van der Waals surface area contributed by atoms with E-state index >= 15 is 0 Å². The normalized spacial score (nSPS) is 17.5. The van der Waals surface area contributed by atoms with E-state index in [0.717, 1.165) is 4.90 Å². The maximum Gasteiger partial charge on any atom is 0.262 e. The summed E-state index contributed by atoms with van der Waals surface area (Å²) in [6.07, 6.45) is 0.0870. The van der Waals surface area contributed by atoms with Crippen LogP contribution in [-0.2, 0) is 19.1 Å². The predicted octanol–water partition coefficient (Wildman–Crippen LogP) is 0.161. The molecule has 5 amide bonds. The lowest BCUT2D eigenvalue weighted by atomic mass is 10.0. The van der Waals surface area contributed by atoms with Crippen molar-refractivity contribution in [3.8, 4) is 0 Å². The molecule has 33 heavy (non-hydrogen) atoms. The topological polar surface area (TPSA) is 180 Å². The van der Waals surface area contributed by atoms with Crippen molar-refractivity contribution in [3.05, 3.63) is 45.3 Å². The third-order valence-electron chi connectivity index (χ3n) is 5.00. The molecule has 2 heterocycles. The smallest absolute Gasteiger partial charge is 0.262 e. The number of azide groups is 1. The van der Waals surface area contributed by atoms with E-state index in [-0.39, 0.29) is 49.2 Å². The number of carbonyl (C=O) groups excluding carboxylic acids is 5. The molecule has 0 radical (unpaired) electrons. The summed E-state index contributed by atoms with van der Waals surface area (Å²) in [5.41, 5.74) is 8.45. The van der Waals surface area contributed by atoms with Crippen molar-refractivity contribution in [1.82, 2.24) is 15.5 Å². The van der Waals surface area contributed by atoms with Gasteiger partial charge in [-0.1, -0.05) is 5.11 Å². The monoisotopic (exact) mass is 458 g/mol. The maximum absolute atomic E-state index is 12.8. The molecule has 0 bridgehead atoms. The van der Waals surface area contributed by atoms with Gasteiger partial charge >= 0.3 is 0 Å². The van der Waals surface area contributed by atoms with Gasteiger partial charge in [-0.15, -0.1) is 0 Å². The highest BCUT2D eigenvalue weighted by Gasteiger charge is 2.44. The van der Waals surface area contributed by atoms with Crippen LogP contribution in [0, 0.1) is 0 Å². The van der Waals surface area contributed by atoms with Gasteiger partial charge in [0, 0.05) is 30.0 Å². The molecule has 2 N–H and O–H groups in total. The Balaban J connectivity index is 1.49. The molecule has 3 rings (SSSR count). The van der Waals surface area contributed by atoms with Gasteiger partial charge in [0.2, 0.25) is 11.8 Å². The second-order valence-electron chi connectivity index (χ2n) is 7.14. The van der Waals surface area contributed by atoms with Crippen LogP contribution in [0.2, 0.25) is 0 Å². The zero-order valence-electron chi connectivity index (χ0n) is 17.6. The fraction of sp³-hybridized carbons (Fsp3) is 0.450. The SMILES string of the molecule is [N-]=[N+]=NCCOCCOCCNC(=O)c1ccc2c(c1)C(=O)N(C1CCC(=O)NC1=O)C2=O. The Hall–Kier alpha value is -3.80. The molecule has 13 nitrogen and oxygen atoms in total. The molecular weight excluding hydrogens is 436 g/mol. The average molecular weight is 458 g/mol. The van der Waals surface area contributed by atoms with E-state index in [0.29, 0.717) is 19.8 Å². The molecule has 174 valence electrons. The van der Waals surface area contributed by atoms with Gasteiger partial charge in [0.15, 0.2) is 0 Å². The van der Waals surface area contributed by atoms with Crippen LogP contribution in [0.1, 0.15) is 43.9 Å². The molecule has 2 aliphatic heterocycles. The van der Waals surface area contributed by atoms with Gasteiger partial charge in [-0.2, -0.15) is 0 Å². The third-order valence-corrected chi connectivity index (χ3v) is 5.00. The van der Waals surface area contributed by atoms with Crippen LogP contribution < -0.4 is 10.6 Å².